The van der Waals surface area contributed by atoms with Gasteiger partial charge in [0.1, 0.15) is 6.61 Å². The lowest BCUT2D eigenvalue weighted by Crippen LogP contribution is -2.82. The standard InChI is InChI=1S/C17H19N3O2S/c1-12-4-3-5-14(8-12)11-22-15-7-6-13(9-16(15)21-2)10-19-20-17(18)23/h3-10H,11H2,1-2H3,(H3,18,20,23)/p+1. The van der Waals surface area contributed by atoms with Gasteiger partial charge in [0.15, 0.2) is 17.7 Å². The maximum Gasteiger partial charge on any atom is 0.221 e. The number of nitrogens with one attached hydrogen (secondary N) is 2. The number of hydrogen-bond donors (Lipinski definition) is 3. The van der Waals surface area contributed by atoms with Crippen molar-refractivity contribution >= 4 is 23.5 Å². The normalized spacial score (nSPS) is 10.5. The molecule has 0 fully saturated rings. The van der Waals surface area contributed by atoms with Crippen molar-refractivity contribution in [2.75, 3.05) is 7.11 Å². The summed E-state index contributed by atoms with van der Waals surface area (Å²) in [5.41, 5.74) is 11.2. The van der Waals surface area contributed by atoms with Gasteiger partial charge in [-0.15, -0.1) is 10.5 Å². The summed E-state index contributed by atoms with van der Waals surface area (Å²) < 4.78 is 11.2. The third-order valence-corrected chi connectivity index (χ3v) is 3.20. The minimum atomic E-state index is 0.173. The molecule has 0 unspecified atom stereocenters. The molecular formula is C17H20N3O2S+. The molecule has 0 aliphatic rings. The van der Waals surface area contributed by atoms with Gasteiger partial charge in [-0.3, -0.25) is 0 Å². The molecule has 0 amide bonds. The fraction of sp³-hybridized carbons (Fsp3) is 0.176. The minimum absolute atomic E-state index is 0.173. The number of hydrazone groups is 1. The Labute approximate surface area is 141 Å². The van der Waals surface area contributed by atoms with E-state index in [1.54, 1.807) is 13.3 Å². The lowest BCUT2D eigenvalue weighted by Gasteiger charge is -2.11. The highest BCUT2D eigenvalue weighted by Crippen LogP contribution is 2.28. The molecular weight excluding hydrogens is 310 g/mol. The Kier molecular flexibility index (Phi) is 5.94. The molecule has 0 saturated carbocycles. The van der Waals surface area contributed by atoms with Crippen LogP contribution in [0.15, 0.2) is 42.5 Å². The monoisotopic (exact) mass is 330 g/mol. The molecule has 6 heteroatoms. The summed E-state index contributed by atoms with van der Waals surface area (Å²) in [6.45, 7) is 2.55. The van der Waals surface area contributed by atoms with Crippen LogP contribution in [0, 0.1) is 6.92 Å². The number of methoxy groups -OCH3 is 1. The smallest absolute Gasteiger partial charge is 0.221 e. The molecule has 23 heavy (non-hydrogen) atoms. The Morgan fingerprint density at radius 1 is 1.26 bits per heavy atom. The van der Waals surface area contributed by atoms with E-state index >= 15 is 0 Å². The van der Waals surface area contributed by atoms with Crippen molar-refractivity contribution in [3.63, 3.8) is 0 Å². The topological polar surface area (TPSA) is 70.5 Å². The van der Waals surface area contributed by atoms with Gasteiger partial charge in [0.2, 0.25) is 5.11 Å². The molecule has 0 radical (unpaired) electrons. The number of benzene rings is 2. The van der Waals surface area contributed by atoms with Crippen LogP contribution >= 0.6 is 12.2 Å². The van der Waals surface area contributed by atoms with Crippen LogP contribution in [-0.2, 0) is 6.61 Å². The minimum Gasteiger partial charge on any atom is -0.493 e. The third kappa shape index (κ3) is 5.27. The Hall–Kier alpha value is -2.60. The molecule has 4 N–H and O–H groups in total. The second-order valence-electron chi connectivity index (χ2n) is 4.97. The fourth-order valence-electron chi connectivity index (χ4n) is 2.05. The van der Waals surface area contributed by atoms with Gasteiger partial charge in [0.05, 0.1) is 7.11 Å². The molecule has 5 nitrogen and oxygen atoms in total. The maximum atomic E-state index is 5.85. The first-order chi connectivity index (χ1) is 11.1. The third-order valence-electron chi connectivity index (χ3n) is 3.10. The number of rotatable bonds is 6. The van der Waals surface area contributed by atoms with E-state index in [-0.39, 0.29) is 5.11 Å². The maximum absolute atomic E-state index is 5.85. The van der Waals surface area contributed by atoms with Crippen LogP contribution < -0.4 is 25.7 Å². The largest absolute Gasteiger partial charge is 0.493 e. The first-order valence-corrected chi connectivity index (χ1v) is 7.50. The van der Waals surface area contributed by atoms with Gasteiger partial charge in [-0.1, -0.05) is 29.8 Å². The van der Waals surface area contributed by atoms with Crippen molar-refractivity contribution in [1.82, 2.24) is 5.43 Å². The quantitative estimate of drug-likeness (QED) is 0.416. The van der Waals surface area contributed by atoms with Crippen molar-refractivity contribution < 1.29 is 14.6 Å². The van der Waals surface area contributed by atoms with Crippen LogP contribution in [0.5, 0.6) is 11.5 Å². The average Bonchev–Trinajstić information content (AvgIpc) is 2.53. The van der Waals surface area contributed by atoms with E-state index in [9.17, 15) is 0 Å². The molecule has 2 aromatic carbocycles. The summed E-state index contributed by atoms with van der Waals surface area (Å²) in [5.74, 6) is 1.34. The van der Waals surface area contributed by atoms with E-state index in [1.165, 1.54) is 5.56 Å². The number of hydrogen-bond acceptors (Lipinski definition) is 3. The van der Waals surface area contributed by atoms with Crippen LogP contribution in [0.25, 0.3) is 0 Å². The molecule has 0 saturated heterocycles. The van der Waals surface area contributed by atoms with Gasteiger partial charge in [-0.25, -0.2) is 0 Å². The zero-order valence-electron chi connectivity index (χ0n) is 13.1. The van der Waals surface area contributed by atoms with Crippen molar-refractivity contribution in [3.05, 3.63) is 59.2 Å². The zero-order chi connectivity index (χ0) is 16.7. The van der Waals surface area contributed by atoms with Crippen LogP contribution in [0.3, 0.4) is 0 Å². The van der Waals surface area contributed by atoms with E-state index < -0.39 is 0 Å². The van der Waals surface area contributed by atoms with Crippen LogP contribution in [-0.4, -0.2) is 18.4 Å². The van der Waals surface area contributed by atoms with Crippen molar-refractivity contribution in [1.29, 1.82) is 0 Å². The summed E-state index contributed by atoms with van der Waals surface area (Å²) in [7, 11) is 1.61. The van der Waals surface area contributed by atoms with Crippen molar-refractivity contribution in [3.8, 4) is 11.5 Å². The molecule has 0 aliphatic heterocycles. The fourth-order valence-corrected chi connectivity index (χ4v) is 2.11. The molecule has 0 atom stereocenters. The van der Waals surface area contributed by atoms with Gasteiger partial charge in [-0.05, 0) is 42.9 Å². The summed E-state index contributed by atoms with van der Waals surface area (Å²) in [6, 6.07) is 13.8. The second kappa shape index (κ2) is 8.14. The van der Waals surface area contributed by atoms with Crippen LogP contribution in [0.1, 0.15) is 16.7 Å². The molecule has 0 spiro atoms. The Morgan fingerprint density at radius 2 is 2.09 bits per heavy atom. The van der Waals surface area contributed by atoms with Crippen molar-refractivity contribution in [2.24, 2.45) is 5.73 Å². The summed E-state index contributed by atoms with van der Waals surface area (Å²) in [4.78, 5) is 0. The Bertz CT molecular complexity index is 717. The highest BCUT2D eigenvalue weighted by molar-refractivity contribution is 7.80. The van der Waals surface area contributed by atoms with E-state index in [0.29, 0.717) is 18.1 Å². The van der Waals surface area contributed by atoms with Crippen molar-refractivity contribution in [2.45, 2.75) is 13.5 Å². The lowest BCUT2D eigenvalue weighted by molar-refractivity contribution is -0.499. The first kappa shape index (κ1) is 16.8. The number of ether oxygens (including phenoxy) is 2. The molecule has 2 aromatic rings. The predicted molar refractivity (Wildman–Crippen MR) is 94.6 cm³/mol. The zero-order valence-corrected chi connectivity index (χ0v) is 13.9. The molecule has 0 aliphatic carbocycles. The lowest BCUT2D eigenvalue weighted by atomic mass is 10.1. The van der Waals surface area contributed by atoms with Crippen LogP contribution in [0.2, 0.25) is 0 Å². The van der Waals surface area contributed by atoms with E-state index in [0.717, 1.165) is 11.1 Å². The van der Waals surface area contributed by atoms with E-state index in [4.69, 9.17) is 27.4 Å². The SMILES string of the molecule is COc1cc(C=[NH+]NC(N)=S)ccc1OCc1cccc(C)c1. The average molecular weight is 330 g/mol. The van der Waals surface area contributed by atoms with Gasteiger partial charge in [0.25, 0.3) is 0 Å². The molecule has 120 valence electrons. The van der Waals surface area contributed by atoms with Crippen LogP contribution in [0.4, 0.5) is 0 Å². The molecule has 0 aromatic heterocycles. The molecule has 0 bridgehead atoms. The highest BCUT2D eigenvalue weighted by atomic mass is 32.1. The Balaban J connectivity index is 2.07. The Morgan fingerprint density at radius 3 is 2.78 bits per heavy atom. The summed E-state index contributed by atoms with van der Waals surface area (Å²) >= 11 is 4.71. The number of thiocarbonyl (C=S) groups is 1. The number of hydrazine groups is 1. The number of aryl methyl sites for hydroxylation is 1. The van der Waals surface area contributed by atoms with E-state index in [2.05, 4.69) is 29.6 Å². The van der Waals surface area contributed by atoms with Gasteiger partial charge in [0, 0.05) is 5.56 Å². The highest BCUT2D eigenvalue weighted by Gasteiger charge is 2.07. The second-order valence-corrected chi connectivity index (χ2v) is 5.41. The predicted octanol–water partition coefficient (Wildman–Crippen LogP) is 0.830. The summed E-state index contributed by atoms with van der Waals surface area (Å²) in [5, 5.41) is 2.97. The first-order valence-electron chi connectivity index (χ1n) is 7.09. The summed E-state index contributed by atoms with van der Waals surface area (Å²) in [6.07, 6.45) is 1.73. The molecule has 2 rings (SSSR count). The number of nitrogens with two attached hydrogens (primary N) is 1. The molecule has 0 heterocycles. The van der Waals surface area contributed by atoms with Gasteiger partial charge in [-0.2, -0.15) is 0 Å². The van der Waals surface area contributed by atoms with Gasteiger partial charge >= 0.3 is 0 Å². The van der Waals surface area contributed by atoms with Gasteiger partial charge < -0.3 is 15.2 Å². The van der Waals surface area contributed by atoms with E-state index in [1.807, 2.05) is 30.3 Å².